The Morgan fingerprint density at radius 3 is 2.79 bits per heavy atom. The average molecular weight is 274 g/mol. The molecule has 0 bridgehead atoms. The Hall–Kier alpha value is -1.34. The minimum absolute atomic E-state index is 0.194. The minimum atomic E-state index is -0.832. The molecule has 1 unspecified atom stereocenters. The third kappa shape index (κ3) is 5.89. The van der Waals surface area contributed by atoms with Gasteiger partial charge in [0, 0.05) is 33.4 Å². The summed E-state index contributed by atoms with van der Waals surface area (Å²) in [7, 11) is 1.62. The molecule has 0 aliphatic carbocycles. The predicted octanol–water partition coefficient (Wildman–Crippen LogP) is 0.156. The van der Waals surface area contributed by atoms with Crippen molar-refractivity contribution in [2.24, 2.45) is 5.92 Å². The number of methoxy groups -OCH3 is 1. The number of nitrogens with one attached hydrogen (secondary N) is 1. The number of carbonyl (C=O) groups is 2. The number of ether oxygens (including phenoxy) is 2. The summed E-state index contributed by atoms with van der Waals surface area (Å²) in [5, 5.41) is 11.6. The minimum Gasteiger partial charge on any atom is -0.481 e. The lowest BCUT2D eigenvalue weighted by atomic mass is 10.1. The zero-order valence-corrected chi connectivity index (χ0v) is 11.3. The molecule has 0 aromatic heterocycles. The van der Waals surface area contributed by atoms with Gasteiger partial charge in [0.15, 0.2) is 0 Å². The van der Waals surface area contributed by atoms with Gasteiger partial charge in [0.05, 0.1) is 19.1 Å². The van der Waals surface area contributed by atoms with Gasteiger partial charge in [-0.15, -0.1) is 0 Å². The lowest BCUT2D eigenvalue weighted by molar-refractivity contribution is -0.141. The number of carboxylic acids is 1. The summed E-state index contributed by atoms with van der Waals surface area (Å²) in [4.78, 5) is 24.0. The van der Waals surface area contributed by atoms with Crippen LogP contribution in [0.15, 0.2) is 0 Å². The quantitative estimate of drug-likeness (QED) is 0.615. The third-order valence-corrected chi connectivity index (χ3v) is 3.00. The van der Waals surface area contributed by atoms with E-state index in [0.29, 0.717) is 45.9 Å². The van der Waals surface area contributed by atoms with E-state index in [-0.39, 0.29) is 6.03 Å². The van der Waals surface area contributed by atoms with E-state index in [1.165, 1.54) is 0 Å². The smallest absolute Gasteiger partial charge is 0.317 e. The molecule has 1 rings (SSSR count). The number of hydrogen-bond donors (Lipinski definition) is 2. The molecule has 0 radical (unpaired) electrons. The summed E-state index contributed by atoms with van der Waals surface area (Å²) in [6.45, 7) is 3.02. The lowest BCUT2D eigenvalue weighted by Crippen LogP contribution is -2.39. The Kier molecular flexibility index (Phi) is 7.20. The highest BCUT2D eigenvalue weighted by molar-refractivity contribution is 5.77. The number of likely N-dealkylation sites (tertiary alicyclic amines) is 1. The first-order valence-corrected chi connectivity index (χ1v) is 6.47. The van der Waals surface area contributed by atoms with Gasteiger partial charge in [0.1, 0.15) is 0 Å². The summed E-state index contributed by atoms with van der Waals surface area (Å²) in [5.74, 6) is -1.26. The number of nitrogens with zero attached hydrogens (tertiary/aromatic N) is 1. The first kappa shape index (κ1) is 15.7. The average Bonchev–Trinajstić information content (AvgIpc) is 2.87. The van der Waals surface area contributed by atoms with Crippen LogP contribution in [0, 0.1) is 5.92 Å². The Balaban J connectivity index is 2.04. The zero-order valence-electron chi connectivity index (χ0n) is 11.3. The number of urea groups is 1. The Bertz CT molecular complexity index is 298. The van der Waals surface area contributed by atoms with Gasteiger partial charge in [0.2, 0.25) is 0 Å². The van der Waals surface area contributed by atoms with Crippen LogP contribution >= 0.6 is 0 Å². The molecule has 0 saturated carbocycles. The summed E-state index contributed by atoms with van der Waals surface area (Å²) < 4.78 is 10.1. The van der Waals surface area contributed by atoms with E-state index in [9.17, 15) is 9.59 Å². The number of aliphatic carboxylic acids is 1. The standard InChI is InChI=1S/C12H22N2O5/c1-18-7-8-19-6-2-4-13-12(17)14-5-3-10(9-14)11(15)16/h10H,2-9H2,1H3,(H,13,17)(H,15,16). The Morgan fingerprint density at radius 1 is 1.37 bits per heavy atom. The molecule has 1 heterocycles. The molecule has 2 amide bonds. The van der Waals surface area contributed by atoms with Crippen molar-refractivity contribution in [2.75, 3.05) is 46.6 Å². The molecular formula is C12H22N2O5. The second-order valence-electron chi connectivity index (χ2n) is 4.46. The highest BCUT2D eigenvalue weighted by atomic mass is 16.5. The molecule has 0 aromatic carbocycles. The van der Waals surface area contributed by atoms with Gasteiger partial charge in [0.25, 0.3) is 0 Å². The summed E-state index contributed by atoms with van der Waals surface area (Å²) in [6, 6.07) is -0.194. The van der Waals surface area contributed by atoms with Crippen LogP contribution in [0.3, 0.4) is 0 Å². The fraction of sp³-hybridized carbons (Fsp3) is 0.833. The molecule has 0 spiro atoms. The molecular weight excluding hydrogens is 252 g/mol. The maximum atomic E-state index is 11.7. The van der Waals surface area contributed by atoms with Crippen molar-refractivity contribution < 1.29 is 24.2 Å². The van der Waals surface area contributed by atoms with E-state index in [1.807, 2.05) is 0 Å². The second-order valence-corrected chi connectivity index (χ2v) is 4.46. The molecule has 1 saturated heterocycles. The maximum Gasteiger partial charge on any atom is 0.317 e. The molecule has 19 heavy (non-hydrogen) atoms. The summed E-state index contributed by atoms with van der Waals surface area (Å²) >= 11 is 0. The van der Waals surface area contributed by atoms with Crippen LogP contribution in [-0.4, -0.2) is 68.6 Å². The van der Waals surface area contributed by atoms with Gasteiger partial charge in [-0.05, 0) is 12.8 Å². The van der Waals surface area contributed by atoms with E-state index < -0.39 is 11.9 Å². The second kappa shape index (κ2) is 8.71. The van der Waals surface area contributed by atoms with Gasteiger partial charge in [-0.1, -0.05) is 0 Å². The van der Waals surface area contributed by atoms with Crippen LogP contribution in [0.25, 0.3) is 0 Å². The monoisotopic (exact) mass is 274 g/mol. The third-order valence-electron chi connectivity index (χ3n) is 3.00. The van der Waals surface area contributed by atoms with E-state index in [1.54, 1.807) is 12.0 Å². The molecule has 110 valence electrons. The van der Waals surface area contributed by atoms with Crippen LogP contribution < -0.4 is 5.32 Å². The topological polar surface area (TPSA) is 88.1 Å². The maximum absolute atomic E-state index is 11.7. The van der Waals surface area contributed by atoms with E-state index >= 15 is 0 Å². The van der Waals surface area contributed by atoms with Crippen LogP contribution in [0.2, 0.25) is 0 Å². The van der Waals surface area contributed by atoms with Crippen LogP contribution in [-0.2, 0) is 14.3 Å². The molecule has 2 N–H and O–H groups in total. The van der Waals surface area contributed by atoms with Crippen LogP contribution in [0.1, 0.15) is 12.8 Å². The highest BCUT2D eigenvalue weighted by Crippen LogP contribution is 2.15. The van der Waals surface area contributed by atoms with Crippen molar-refractivity contribution in [1.29, 1.82) is 0 Å². The molecule has 1 aliphatic rings. The summed E-state index contributed by atoms with van der Waals surface area (Å²) in [5.41, 5.74) is 0. The van der Waals surface area contributed by atoms with E-state index in [2.05, 4.69) is 5.32 Å². The van der Waals surface area contributed by atoms with Crippen molar-refractivity contribution in [2.45, 2.75) is 12.8 Å². The number of carbonyl (C=O) groups excluding carboxylic acids is 1. The number of hydrogen-bond acceptors (Lipinski definition) is 4. The normalized spacial score (nSPS) is 18.6. The van der Waals surface area contributed by atoms with Gasteiger partial charge in [-0.2, -0.15) is 0 Å². The predicted molar refractivity (Wildman–Crippen MR) is 68.0 cm³/mol. The molecule has 7 heteroatoms. The molecule has 1 fully saturated rings. The largest absolute Gasteiger partial charge is 0.481 e. The first-order chi connectivity index (χ1) is 9.15. The van der Waals surface area contributed by atoms with E-state index in [4.69, 9.17) is 14.6 Å². The van der Waals surface area contributed by atoms with Crippen molar-refractivity contribution in [3.05, 3.63) is 0 Å². The van der Waals surface area contributed by atoms with Crippen LogP contribution in [0.4, 0.5) is 4.79 Å². The Labute approximate surface area is 112 Å². The lowest BCUT2D eigenvalue weighted by Gasteiger charge is -2.16. The Morgan fingerprint density at radius 2 is 2.16 bits per heavy atom. The van der Waals surface area contributed by atoms with Crippen LogP contribution in [0.5, 0.6) is 0 Å². The van der Waals surface area contributed by atoms with Crippen molar-refractivity contribution in [1.82, 2.24) is 10.2 Å². The zero-order chi connectivity index (χ0) is 14.1. The molecule has 1 aliphatic heterocycles. The number of rotatable bonds is 8. The molecule has 7 nitrogen and oxygen atoms in total. The molecule has 1 atom stereocenters. The van der Waals surface area contributed by atoms with Gasteiger partial charge < -0.3 is 24.8 Å². The van der Waals surface area contributed by atoms with Crippen molar-refractivity contribution in [3.63, 3.8) is 0 Å². The first-order valence-electron chi connectivity index (χ1n) is 6.47. The fourth-order valence-electron chi connectivity index (χ4n) is 1.87. The highest BCUT2D eigenvalue weighted by Gasteiger charge is 2.30. The SMILES string of the molecule is COCCOCCCNC(=O)N1CCC(C(=O)O)C1. The molecule has 0 aromatic rings. The van der Waals surface area contributed by atoms with Gasteiger partial charge in [-0.25, -0.2) is 4.79 Å². The van der Waals surface area contributed by atoms with Crippen molar-refractivity contribution in [3.8, 4) is 0 Å². The van der Waals surface area contributed by atoms with Crippen molar-refractivity contribution >= 4 is 12.0 Å². The fourth-order valence-corrected chi connectivity index (χ4v) is 1.87. The van der Waals surface area contributed by atoms with E-state index in [0.717, 1.165) is 6.42 Å². The number of amides is 2. The van der Waals surface area contributed by atoms with Gasteiger partial charge >= 0.3 is 12.0 Å². The number of carboxylic acid groups (broad SMARTS) is 1. The summed E-state index contributed by atoms with van der Waals surface area (Å²) in [6.07, 6.45) is 1.26. The van der Waals surface area contributed by atoms with Gasteiger partial charge in [-0.3, -0.25) is 4.79 Å².